The van der Waals surface area contributed by atoms with Gasteiger partial charge in [0.05, 0.1) is 0 Å². The first kappa shape index (κ1) is 7.03. The van der Waals surface area contributed by atoms with Gasteiger partial charge >= 0.3 is 0 Å². The summed E-state index contributed by atoms with van der Waals surface area (Å²) >= 11 is 0. The number of nitrogens with two attached hydrogens (primary N) is 1. The molecule has 0 radical (unpaired) electrons. The first-order valence-corrected chi connectivity index (χ1v) is 3.76. The van der Waals surface area contributed by atoms with Crippen LogP contribution in [-0.4, -0.2) is 19.1 Å². The van der Waals surface area contributed by atoms with Crippen molar-refractivity contribution < 1.29 is 0 Å². The van der Waals surface area contributed by atoms with Gasteiger partial charge in [-0.15, -0.1) is 0 Å². The summed E-state index contributed by atoms with van der Waals surface area (Å²) in [5.41, 5.74) is 5.76. The van der Waals surface area contributed by atoms with Gasteiger partial charge in [0.1, 0.15) is 0 Å². The molecule has 0 amide bonds. The Morgan fingerprint density at radius 1 is 1.44 bits per heavy atom. The molecule has 54 valence electrons. The first-order chi connectivity index (χ1) is 4.33. The fourth-order valence-corrected chi connectivity index (χ4v) is 1.49. The number of rotatable bonds is 1. The third kappa shape index (κ3) is 1.95. The highest BCUT2D eigenvalue weighted by Gasteiger charge is 2.16. The van der Waals surface area contributed by atoms with Crippen LogP contribution in [0, 0.1) is 0 Å². The largest absolute Gasteiger partial charge is 0.328 e. The van der Waals surface area contributed by atoms with Gasteiger partial charge in [0.15, 0.2) is 0 Å². The van der Waals surface area contributed by atoms with Gasteiger partial charge in [-0.25, -0.2) is 0 Å². The summed E-state index contributed by atoms with van der Waals surface area (Å²) in [4.78, 5) is 0. The zero-order valence-corrected chi connectivity index (χ0v) is 6.06. The van der Waals surface area contributed by atoms with Crippen molar-refractivity contribution in [3.8, 4) is 0 Å². The average Bonchev–Trinajstić information content (AvgIpc) is 1.88. The number of hydrogen-bond donors (Lipinski definition) is 2. The molecule has 0 aliphatic heterocycles. The molecule has 2 atom stereocenters. The Kier molecular flexibility index (Phi) is 2.49. The van der Waals surface area contributed by atoms with E-state index in [0.29, 0.717) is 12.1 Å². The molecule has 2 nitrogen and oxygen atoms in total. The van der Waals surface area contributed by atoms with Crippen LogP contribution in [0.15, 0.2) is 0 Å². The Bertz CT molecular complexity index is 83.0. The van der Waals surface area contributed by atoms with E-state index < -0.39 is 0 Å². The van der Waals surface area contributed by atoms with Crippen molar-refractivity contribution in [2.75, 3.05) is 7.05 Å². The SMILES string of the molecule is CN[C@H]1CCC[C@@H](N)C1. The van der Waals surface area contributed by atoms with E-state index in [1.807, 2.05) is 7.05 Å². The molecule has 1 fully saturated rings. The van der Waals surface area contributed by atoms with Crippen molar-refractivity contribution in [3.63, 3.8) is 0 Å². The topological polar surface area (TPSA) is 38.0 Å². The molecule has 3 N–H and O–H groups in total. The summed E-state index contributed by atoms with van der Waals surface area (Å²) in [6, 6.07) is 1.14. The minimum atomic E-state index is 0.455. The maximum absolute atomic E-state index is 5.76. The normalized spacial score (nSPS) is 36.7. The highest BCUT2D eigenvalue weighted by molar-refractivity contribution is 4.78. The lowest BCUT2D eigenvalue weighted by Gasteiger charge is -2.25. The van der Waals surface area contributed by atoms with E-state index in [0.717, 1.165) is 6.42 Å². The van der Waals surface area contributed by atoms with Crippen LogP contribution >= 0.6 is 0 Å². The number of nitrogens with one attached hydrogen (secondary N) is 1. The molecule has 9 heavy (non-hydrogen) atoms. The van der Waals surface area contributed by atoms with Crippen molar-refractivity contribution in [1.29, 1.82) is 0 Å². The monoisotopic (exact) mass is 128 g/mol. The van der Waals surface area contributed by atoms with E-state index in [1.165, 1.54) is 19.3 Å². The van der Waals surface area contributed by atoms with Crippen molar-refractivity contribution >= 4 is 0 Å². The van der Waals surface area contributed by atoms with Crippen LogP contribution in [0.3, 0.4) is 0 Å². The Hall–Kier alpha value is -0.0800. The summed E-state index contributed by atoms with van der Waals surface area (Å²) in [5, 5.41) is 3.25. The Morgan fingerprint density at radius 3 is 2.67 bits per heavy atom. The summed E-state index contributed by atoms with van der Waals surface area (Å²) in [6.45, 7) is 0. The molecule has 1 saturated carbocycles. The van der Waals surface area contributed by atoms with Gasteiger partial charge < -0.3 is 11.1 Å². The molecule has 1 aliphatic carbocycles. The van der Waals surface area contributed by atoms with Crippen LogP contribution in [0.4, 0.5) is 0 Å². The van der Waals surface area contributed by atoms with Crippen molar-refractivity contribution in [1.82, 2.24) is 5.32 Å². The molecule has 0 bridgehead atoms. The highest BCUT2D eigenvalue weighted by atomic mass is 14.9. The Morgan fingerprint density at radius 2 is 2.22 bits per heavy atom. The van der Waals surface area contributed by atoms with Crippen molar-refractivity contribution in [2.45, 2.75) is 37.8 Å². The summed E-state index contributed by atoms with van der Waals surface area (Å²) in [7, 11) is 2.02. The molecular formula is C7H16N2. The molecule has 0 unspecified atom stereocenters. The maximum Gasteiger partial charge on any atom is 0.00788 e. The second kappa shape index (κ2) is 3.18. The molecule has 0 aromatic rings. The van der Waals surface area contributed by atoms with Crippen LogP contribution in [0.25, 0.3) is 0 Å². The van der Waals surface area contributed by atoms with Crippen molar-refractivity contribution in [2.24, 2.45) is 5.73 Å². The second-order valence-corrected chi connectivity index (χ2v) is 2.91. The van der Waals surface area contributed by atoms with Gasteiger partial charge in [-0.3, -0.25) is 0 Å². The van der Waals surface area contributed by atoms with Crippen LogP contribution in [0.1, 0.15) is 25.7 Å². The highest BCUT2D eigenvalue weighted by Crippen LogP contribution is 2.15. The second-order valence-electron chi connectivity index (χ2n) is 2.91. The van der Waals surface area contributed by atoms with Gasteiger partial charge in [-0.05, 0) is 26.3 Å². The van der Waals surface area contributed by atoms with E-state index in [2.05, 4.69) is 5.32 Å². The van der Waals surface area contributed by atoms with Crippen LogP contribution in [0.5, 0.6) is 0 Å². The smallest absolute Gasteiger partial charge is 0.00788 e. The molecule has 0 aromatic heterocycles. The molecule has 2 heteroatoms. The van der Waals surface area contributed by atoms with E-state index >= 15 is 0 Å². The van der Waals surface area contributed by atoms with E-state index in [1.54, 1.807) is 0 Å². The third-order valence-electron chi connectivity index (χ3n) is 2.12. The summed E-state index contributed by atoms with van der Waals surface area (Å²) < 4.78 is 0. The zero-order chi connectivity index (χ0) is 6.69. The molecule has 0 aromatic carbocycles. The quantitative estimate of drug-likeness (QED) is 0.539. The maximum atomic E-state index is 5.76. The van der Waals surface area contributed by atoms with Crippen LogP contribution < -0.4 is 11.1 Å². The average molecular weight is 128 g/mol. The fourth-order valence-electron chi connectivity index (χ4n) is 1.49. The lowest BCUT2D eigenvalue weighted by molar-refractivity contribution is 0.355. The van der Waals surface area contributed by atoms with Gasteiger partial charge in [-0.2, -0.15) is 0 Å². The standard InChI is InChI=1S/C7H16N2/c1-9-7-4-2-3-6(8)5-7/h6-7,9H,2-5,8H2,1H3/t6-,7+/m1/s1. The molecule has 1 aliphatic rings. The Labute approximate surface area is 56.8 Å². The molecule has 0 spiro atoms. The molecule has 1 rings (SSSR count). The minimum absolute atomic E-state index is 0.455. The molecule has 0 heterocycles. The van der Waals surface area contributed by atoms with Gasteiger partial charge in [0, 0.05) is 12.1 Å². The first-order valence-electron chi connectivity index (χ1n) is 3.76. The van der Waals surface area contributed by atoms with Crippen LogP contribution in [-0.2, 0) is 0 Å². The number of hydrogen-bond acceptors (Lipinski definition) is 2. The third-order valence-corrected chi connectivity index (χ3v) is 2.12. The predicted octanol–water partition coefficient (Wildman–Crippen LogP) is 0.476. The predicted molar refractivity (Wildman–Crippen MR) is 39.3 cm³/mol. The lowest BCUT2D eigenvalue weighted by Crippen LogP contribution is -2.37. The van der Waals surface area contributed by atoms with Gasteiger partial charge in [0.25, 0.3) is 0 Å². The molecular weight excluding hydrogens is 112 g/mol. The van der Waals surface area contributed by atoms with Gasteiger partial charge in [-0.1, -0.05) is 6.42 Å². The Balaban J connectivity index is 2.23. The summed E-state index contributed by atoms with van der Waals surface area (Å²) in [5.74, 6) is 0. The lowest BCUT2D eigenvalue weighted by atomic mass is 9.92. The van der Waals surface area contributed by atoms with E-state index in [4.69, 9.17) is 5.73 Å². The van der Waals surface area contributed by atoms with Crippen molar-refractivity contribution in [3.05, 3.63) is 0 Å². The van der Waals surface area contributed by atoms with Gasteiger partial charge in [0.2, 0.25) is 0 Å². The minimum Gasteiger partial charge on any atom is -0.328 e. The molecule has 0 saturated heterocycles. The van der Waals surface area contributed by atoms with E-state index in [9.17, 15) is 0 Å². The zero-order valence-electron chi connectivity index (χ0n) is 6.06. The summed E-state index contributed by atoms with van der Waals surface area (Å²) in [6.07, 6.45) is 4.99. The van der Waals surface area contributed by atoms with Crippen LogP contribution in [0.2, 0.25) is 0 Å². The fraction of sp³-hybridized carbons (Fsp3) is 1.00. The van der Waals surface area contributed by atoms with E-state index in [-0.39, 0.29) is 0 Å².